The number of hydrogen-bond donors (Lipinski definition) is 3. The van der Waals surface area contributed by atoms with Gasteiger partial charge in [-0.3, -0.25) is 9.89 Å². The molecule has 1 amide bonds. The molecule has 0 bridgehead atoms. The van der Waals surface area contributed by atoms with Crippen LogP contribution in [0.3, 0.4) is 0 Å². The molecule has 1 atom stereocenters. The zero-order valence-corrected chi connectivity index (χ0v) is 19.2. The van der Waals surface area contributed by atoms with E-state index in [1.54, 1.807) is 0 Å². The van der Waals surface area contributed by atoms with E-state index in [9.17, 15) is 9.90 Å². The Labute approximate surface area is 198 Å². The maximum absolute atomic E-state index is 13.3. The highest BCUT2D eigenvalue weighted by Gasteiger charge is 2.34. The number of aliphatic hydroxyl groups excluding tert-OH is 1. The second kappa shape index (κ2) is 8.29. The number of carbonyl (C=O) groups excluding carboxylic acids is 1. The number of aromatic amines is 1. The Morgan fingerprint density at radius 3 is 2.56 bits per heavy atom. The molecule has 6 heteroatoms. The van der Waals surface area contributed by atoms with Crippen molar-refractivity contribution in [3.63, 3.8) is 0 Å². The van der Waals surface area contributed by atoms with E-state index in [0.29, 0.717) is 24.6 Å². The molecule has 1 unspecified atom stereocenters. The van der Waals surface area contributed by atoms with Crippen molar-refractivity contribution in [1.29, 1.82) is 0 Å². The summed E-state index contributed by atoms with van der Waals surface area (Å²) in [5.41, 5.74) is 6.87. The number of amides is 1. The fourth-order valence-corrected chi connectivity index (χ4v) is 4.91. The number of carbonyl (C=O) groups is 1. The van der Waals surface area contributed by atoms with Crippen LogP contribution in [0.5, 0.6) is 0 Å². The first-order valence-corrected chi connectivity index (χ1v) is 11.9. The van der Waals surface area contributed by atoms with Gasteiger partial charge in [0.05, 0.1) is 23.4 Å². The van der Waals surface area contributed by atoms with E-state index < -0.39 is 0 Å². The van der Waals surface area contributed by atoms with E-state index in [1.165, 1.54) is 11.1 Å². The van der Waals surface area contributed by atoms with Crippen molar-refractivity contribution >= 4 is 22.5 Å². The molecular weight excluding hydrogens is 424 g/mol. The number of benzene rings is 3. The molecule has 2 fully saturated rings. The largest absolute Gasteiger partial charge is 0.389 e. The number of β-amino-alcohol motifs (C(OH)–C–C–N with tert-alkyl or cyclic N) is 1. The summed E-state index contributed by atoms with van der Waals surface area (Å²) in [6.45, 7) is 3.46. The third kappa shape index (κ3) is 3.84. The van der Waals surface area contributed by atoms with Crippen molar-refractivity contribution in [2.75, 3.05) is 18.0 Å². The molecule has 172 valence electrons. The average Bonchev–Trinajstić information content (AvgIpc) is 3.59. The first-order chi connectivity index (χ1) is 16.6. The lowest BCUT2D eigenvalue weighted by molar-refractivity contribution is 0.0931. The zero-order valence-electron chi connectivity index (χ0n) is 19.2. The number of nitrogens with one attached hydrogen (secondary N) is 2. The third-order valence-corrected chi connectivity index (χ3v) is 7.10. The van der Waals surface area contributed by atoms with Crippen LogP contribution in [0, 0.1) is 12.8 Å². The van der Waals surface area contributed by atoms with Crippen molar-refractivity contribution in [3.8, 4) is 11.3 Å². The summed E-state index contributed by atoms with van der Waals surface area (Å²) in [7, 11) is 0. The molecule has 3 N–H and O–H groups in total. The van der Waals surface area contributed by atoms with E-state index in [4.69, 9.17) is 0 Å². The maximum atomic E-state index is 13.3. The van der Waals surface area contributed by atoms with Gasteiger partial charge in [-0.2, -0.15) is 5.10 Å². The third-order valence-electron chi connectivity index (χ3n) is 7.10. The van der Waals surface area contributed by atoms with Crippen molar-refractivity contribution in [3.05, 3.63) is 83.4 Å². The Kier molecular flexibility index (Phi) is 5.11. The summed E-state index contributed by atoms with van der Waals surface area (Å²) in [5.74, 6) is 0.449. The fraction of sp³-hybridized carbons (Fsp3) is 0.286. The summed E-state index contributed by atoms with van der Waals surface area (Å²) in [6.07, 6.45) is 2.07. The Morgan fingerprint density at radius 1 is 1.09 bits per heavy atom. The molecule has 0 radical (unpaired) electrons. The molecule has 2 aliphatic rings. The van der Waals surface area contributed by atoms with E-state index in [0.717, 1.165) is 40.7 Å². The van der Waals surface area contributed by atoms with Gasteiger partial charge >= 0.3 is 0 Å². The minimum absolute atomic E-state index is 0.0424. The quantitative estimate of drug-likeness (QED) is 0.399. The van der Waals surface area contributed by atoms with Gasteiger partial charge in [-0.1, -0.05) is 36.4 Å². The lowest BCUT2D eigenvalue weighted by Crippen LogP contribution is -2.50. The van der Waals surface area contributed by atoms with E-state index in [2.05, 4.69) is 51.6 Å². The Balaban J connectivity index is 1.27. The SMILES string of the molecule is Cc1ccccc1C(NC(=O)c1ccc2[nH]nc(-c3ccc(N4CC(O)C4)cc3)c2c1)C1CC1. The summed E-state index contributed by atoms with van der Waals surface area (Å²) in [5, 5.41) is 21.4. The normalized spacial score (nSPS) is 16.9. The lowest BCUT2D eigenvalue weighted by Gasteiger charge is -2.37. The van der Waals surface area contributed by atoms with E-state index in [-0.39, 0.29) is 18.1 Å². The molecule has 2 heterocycles. The highest BCUT2D eigenvalue weighted by Crippen LogP contribution is 2.42. The van der Waals surface area contributed by atoms with Crippen LogP contribution in [0.1, 0.15) is 40.4 Å². The van der Waals surface area contributed by atoms with Crippen molar-refractivity contribution in [1.82, 2.24) is 15.5 Å². The monoisotopic (exact) mass is 452 g/mol. The Hall–Kier alpha value is -3.64. The Bertz CT molecular complexity index is 1350. The first kappa shape index (κ1) is 20.9. The molecule has 1 aliphatic carbocycles. The molecule has 4 aromatic rings. The zero-order chi connectivity index (χ0) is 23.2. The van der Waals surface area contributed by atoms with Crippen LogP contribution in [0.4, 0.5) is 5.69 Å². The fourth-order valence-electron chi connectivity index (χ4n) is 4.91. The predicted molar refractivity (Wildman–Crippen MR) is 134 cm³/mol. The minimum Gasteiger partial charge on any atom is -0.389 e. The lowest BCUT2D eigenvalue weighted by atomic mass is 9.97. The molecule has 1 saturated heterocycles. The number of fused-ring (bicyclic) bond motifs is 1. The van der Waals surface area contributed by atoms with Gasteiger partial charge in [0.2, 0.25) is 0 Å². The van der Waals surface area contributed by atoms with Crippen LogP contribution >= 0.6 is 0 Å². The number of H-pyrrole nitrogens is 1. The van der Waals surface area contributed by atoms with Crippen LogP contribution in [-0.2, 0) is 0 Å². The number of anilines is 1. The topological polar surface area (TPSA) is 81.2 Å². The van der Waals surface area contributed by atoms with Gasteiger partial charge in [0.1, 0.15) is 0 Å². The second-order valence-electron chi connectivity index (χ2n) is 9.58. The summed E-state index contributed by atoms with van der Waals surface area (Å²) in [6, 6.07) is 22.3. The number of aromatic nitrogens is 2. The van der Waals surface area contributed by atoms with Gasteiger partial charge in [-0.25, -0.2) is 0 Å². The van der Waals surface area contributed by atoms with Crippen molar-refractivity contribution in [2.45, 2.75) is 31.9 Å². The van der Waals surface area contributed by atoms with Crippen LogP contribution in [-0.4, -0.2) is 40.4 Å². The average molecular weight is 453 g/mol. The molecular formula is C28H28N4O2. The molecule has 1 aliphatic heterocycles. The molecule has 1 aromatic heterocycles. The van der Waals surface area contributed by atoms with Crippen LogP contribution in [0.25, 0.3) is 22.2 Å². The molecule has 34 heavy (non-hydrogen) atoms. The van der Waals surface area contributed by atoms with Crippen molar-refractivity contribution in [2.24, 2.45) is 5.92 Å². The van der Waals surface area contributed by atoms with Crippen molar-refractivity contribution < 1.29 is 9.90 Å². The van der Waals surface area contributed by atoms with Crippen LogP contribution in [0.15, 0.2) is 66.7 Å². The van der Waals surface area contributed by atoms with Gasteiger partial charge in [0.25, 0.3) is 5.91 Å². The summed E-state index contributed by atoms with van der Waals surface area (Å²) >= 11 is 0. The molecule has 6 rings (SSSR count). The molecule has 1 saturated carbocycles. The van der Waals surface area contributed by atoms with Gasteiger partial charge in [0.15, 0.2) is 0 Å². The highest BCUT2D eigenvalue weighted by molar-refractivity contribution is 6.01. The summed E-state index contributed by atoms with van der Waals surface area (Å²) < 4.78 is 0. The van der Waals surface area contributed by atoms with Crippen LogP contribution in [0.2, 0.25) is 0 Å². The van der Waals surface area contributed by atoms with Gasteiger partial charge < -0.3 is 15.3 Å². The van der Waals surface area contributed by atoms with Gasteiger partial charge in [0, 0.05) is 35.3 Å². The highest BCUT2D eigenvalue weighted by atomic mass is 16.3. The first-order valence-electron chi connectivity index (χ1n) is 11.9. The van der Waals surface area contributed by atoms with E-state index in [1.807, 2.05) is 42.5 Å². The molecule has 3 aromatic carbocycles. The van der Waals surface area contributed by atoms with Gasteiger partial charge in [-0.15, -0.1) is 0 Å². The van der Waals surface area contributed by atoms with Gasteiger partial charge in [-0.05, 0) is 67.1 Å². The van der Waals surface area contributed by atoms with E-state index >= 15 is 0 Å². The standard InChI is InChI=1S/C28H28N4O2/c1-17-4-2-3-5-23(17)26(18-6-7-18)29-28(34)20-10-13-25-24(14-20)27(31-30-25)19-8-11-21(12-9-19)32-15-22(33)16-32/h2-5,8-14,18,22,26,33H,6-7,15-16H2,1H3,(H,29,34)(H,30,31). The second-order valence-corrected chi connectivity index (χ2v) is 9.58. The number of hydrogen-bond acceptors (Lipinski definition) is 4. The molecule has 6 nitrogen and oxygen atoms in total. The Morgan fingerprint density at radius 2 is 1.85 bits per heavy atom. The number of aryl methyl sites for hydroxylation is 1. The smallest absolute Gasteiger partial charge is 0.251 e. The number of aliphatic hydroxyl groups is 1. The summed E-state index contributed by atoms with van der Waals surface area (Å²) in [4.78, 5) is 15.4. The van der Waals surface area contributed by atoms with Crippen LogP contribution < -0.4 is 10.2 Å². The number of nitrogens with zero attached hydrogens (tertiary/aromatic N) is 2. The minimum atomic E-state index is -0.232. The predicted octanol–water partition coefficient (Wildman–Crippen LogP) is 4.60. The number of rotatable bonds is 6. The molecule has 0 spiro atoms. The maximum Gasteiger partial charge on any atom is 0.251 e.